The minimum atomic E-state index is -0.587. The maximum absolute atomic E-state index is 12.1. The Morgan fingerprint density at radius 3 is 1.79 bits per heavy atom. The average Bonchev–Trinajstić information content (AvgIpc) is 2.83. The Hall–Kier alpha value is -4.32. The molecule has 2 amide bonds. The monoisotopic (exact) mass is 442 g/mol. The van der Waals surface area contributed by atoms with Crippen molar-refractivity contribution >= 4 is 35.7 Å². The molecule has 33 heavy (non-hydrogen) atoms. The lowest BCUT2D eigenvalue weighted by molar-refractivity contribution is 0.173. The van der Waals surface area contributed by atoms with Crippen LogP contribution >= 0.6 is 0 Å². The summed E-state index contributed by atoms with van der Waals surface area (Å²) in [6, 6.07) is 24.6. The van der Waals surface area contributed by atoms with Gasteiger partial charge in [-0.05, 0) is 47.9 Å². The highest BCUT2D eigenvalue weighted by Crippen LogP contribution is 2.20. The van der Waals surface area contributed by atoms with Gasteiger partial charge >= 0.3 is 12.2 Å². The van der Waals surface area contributed by atoms with Crippen molar-refractivity contribution in [2.45, 2.75) is 6.92 Å². The van der Waals surface area contributed by atoms with Crippen LogP contribution in [0.2, 0.25) is 0 Å². The minimum Gasteiger partial charge on any atom is -0.445 e. The van der Waals surface area contributed by atoms with Crippen molar-refractivity contribution in [3.8, 4) is 0 Å². The predicted octanol–water partition coefficient (Wildman–Crippen LogP) is 6.52. The molecule has 0 aliphatic heterocycles. The molecule has 0 saturated heterocycles. The van der Waals surface area contributed by atoms with Gasteiger partial charge in [-0.3, -0.25) is 10.6 Å². The molecule has 0 saturated carbocycles. The third-order valence-corrected chi connectivity index (χ3v) is 4.56. The lowest BCUT2D eigenvalue weighted by Gasteiger charge is -2.11. The molecule has 6 heteroatoms. The third-order valence-electron chi connectivity index (χ3n) is 4.56. The van der Waals surface area contributed by atoms with E-state index in [-0.39, 0.29) is 13.2 Å². The summed E-state index contributed by atoms with van der Waals surface area (Å²) in [7, 11) is 0. The van der Waals surface area contributed by atoms with Gasteiger partial charge < -0.3 is 9.47 Å². The Morgan fingerprint density at radius 2 is 1.24 bits per heavy atom. The molecule has 0 spiro atoms. The van der Waals surface area contributed by atoms with Crippen molar-refractivity contribution in [1.29, 1.82) is 0 Å². The van der Waals surface area contributed by atoms with Crippen LogP contribution < -0.4 is 10.6 Å². The SMILES string of the molecule is Cc1ccc(NC(=O)OC/C=C\c2ccccc2)cc1NC(=O)OC/C=C/c1ccccc1. The first-order valence-corrected chi connectivity index (χ1v) is 10.5. The van der Waals surface area contributed by atoms with Crippen molar-refractivity contribution in [3.05, 3.63) is 108 Å². The van der Waals surface area contributed by atoms with Crippen LogP contribution in [-0.2, 0) is 9.47 Å². The molecular formula is C27H26N2O4. The first kappa shape index (κ1) is 23.3. The molecule has 6 nitrogen and oxygen atoms in total. The summed E-state index contributed by atoms with van der Waals surface area (Å²) in [6.45, 7) is 2.13. The Bertz CT molecular complexity index is 1110. The number of nitrogens with one attached hydrogen (secondary N) is 2. The van der Waals surface area contributed by atoms with Gasteiger partial charge in [0.25, 0.3) is 0 Å². The van der Waals surface area contributed by atoms with Gasteiger partial charge in [0, 0.05) is 11.4 Å². The minimum absolute atomic E-state index is 0.139. The molecule has 0 radical (unpaired) electrons. The second-order valence-corrected chi connectivity index (χ2v) is 7.10. The molecule has 3 rings (SSSR count). The van der Waals surface area contributed by atoms with Gasteiger partial charge in [-0.2, -0.15) is 0 Å². The second kappa shape index (κ2) is 12.5. The van der Waals surface area contributed by atoms with Crippen LogP contribution in [0, 0.1) is 6.92 Å². The summed E-state index contributed by atoms with van der Waals surface area (Å²) in [4.78, 5) is 24.2. The van der Waals surface area contributed by atoms with Gasteiger partial charge in [-0.15, -0.1) is 0 Å². The van der Waals surface area contributed by atoms with E-state index in [0.717, 1.165) is 16.7 Å². The van der Waals surface area contributed by atoms with Gasteiger partial charge in [0.15, 0.2) is 0 Å². The quantitative estimate of drug-likeness (QED) is 0.416. The van der Waals surface area contributed by atoms with E-state index in [1.807, 2.05) is 79.7 Å². The van der Waals surface area contributed by atoms with Gasteiger partial charge in [0.05, 0.1) is 0 Å². The van der Waals surface area contributed by atoms with Crippen molar-refractivity contribution in [2.24, 2.45) is 0 Å². The number of rotatable bonds is 8. The third kappa shape index (κ3) is 8.38. The molecule has 3 aromatic rings. The summed E-state index contributed by atoms with van der Waals surface area (Å²) >= 11 is 0. The summed E-state index contributed by atoms with van der Waals surface area (Å²) in [5.74, 6) is 0. The van der Waals surface area contributed by atoms with Gasteiger partial charge in [0.2, 0.25) is 0 Å². The number of hydrogen-bond donors (Lipinski definition) is 2. The van der Waals surface area contributed by atoms with Crippen LogP contribution in [0.4, 0.5) is 21.0 Å². The Labute approximate surface area is 193 Å². The first-order valence-electron chi connectivity index (χ1n) is 10.5. The Balaban J connectivity index is 1.45. The zero-order valence-electron chi connectivity index (χ0n) is 18.4. The molecule has 168 valence electrons. The predicted molar refractivity (Wildman–Crippen MR) is 132 cm³/mol. The molecule has 0 aliphatic carbocycles. The van der Waals surface area contributed by atoms with Crippen molar-refractivity contribution < 1.29 is 19.1 Å². The number of hydrogen-bond acceptors (Lipinski definition) is 4. The van der Waals surface area contributed by atoms with E-state index < -0.39 is 12.2 Å². The molecule has 0 heterocycles. The largest absolute Gasteiger partial charge is 0.445 e. The zero-order chi connectivity index (χ0) is 23.3. The van der Waals surface area contributed by atoms with Crippen LogP contribution in [0.1, 0.15) is 16.7 Å². The Kier molecular flexibility index (Phi) is 8.85. The standard InChI is InChI=1S/C27H26N2O4/c1-21-16-17-24(28-26(30)32-18-8-14-22-10-4-2-5-11-22)20-25(21)29-27(31)33-19-9-15-23-12-6-3-7-13-23/h2-17,20H,18-19H2,1H3,(H,28,30)(H,29,31)/b14-8-,15-9+. The number of ether oxygens (including phenoxy) is 2. The fraction of sp³-hybridized carbons (Fsp3) is 0.111. The lowest BCUT2D eigenvalue weighted by Crippen LogP contribution is -2.16. The molecule has 0 aromatic heterocycles. The first-order chi connectivity index (χ1) is 16.1. The summed E-state index contributed by atoms with van der Waals surface area (Å²) in [6.07, 6.45) is 6.12. The zero-order valence-corrected chi connectivity index (χ0v) is 18.4. The maximum atomic E-state index is 12.1. The van der Waals surface area contributed by atoms with Gasteiger partial charge in [-0.25, -0.2) is 9.59 Å². The van der Waals surface area contributed by atoms with Gasteiger partial charge in [0.1, 0.15) is 13.2 Å². The number of carbonyl (C=O) groups excluding carboxylic acids is 2. The number of aryl methyl sites for hydroxylation is 1. The van der Waals surface area contributed by atoms with E-state index in [9.17, 15) is 9.59 Å². The molecule has 0 fully saturated rings. The second-order valence-electron chi connectivity index (χ2n) is 7.10. The van der Waals surface area contributed by atoms with E-state index in [1.165, 1.54) is 0 Å². The fourth-order valence-electron chi connectivity index (χ4n) is 2.88. The molecule has 0 aliphatic rings. The highest BCUT2D eigenvalue weighted by Gasteiger charge is 2.08. The van der Waals surface area contributed by atoms with Crippen LogP contribution in [0.5, 0.6) is 0 Å². The summed E-state index contributed by atoms with van der Waals surface area (Å²) in [5, 5.41) is 5.35. The maximum Gasteiger partial charge on any atom is 0.411 e. The summed E-state index contributed by atoms with van der Waals surface area (Å²) < 4.78 is 10.4. The number of carbonyl (C=O) groups is 2. The fourth-order valence-corrected chi connectivity index (χ4v) is 2.88. The molecule has 0 unspecified atom stereocenters. The van der Waals surface area contributed by atoms with E-state index >= 15 is 0 Å². The molecular weight excluding hydrogens is 416 g/mol. The molecule has 3 aromatic carbocycles. The number of anilines is 2. The van der Waals surface area contributed by atoms with Crippen molar-refractivity contribution in [1.82, 2.24) is 0 Å². The highest BCUT2D eigenvalue weighted by molar-refractivity contribution is 5.89. The normalized spacial score (nSPS) is 10.8. The van der Waals surface area contributed by atoms with E-state index in [4.69, 9.17) is 9.47 Å². The average molecular weight is 443 g/mol. The van der Waals surface area contributed by atoms with E-state index in [2.05, 4.69) is 10.6 Å². The Morgan fingerprint density at radius 1 is 0.727 bits per heavy atom. The van der Waals surface area contributed by atoms with Crippen LogP contribution in [0.25, 0.3) is 12.2 Å². The number of benzene rings is 3. The van der Waals surface area contributed by atoms with Crippen LogP contribution in [0.3, 0.4) is 0 Å². The highest BCUT2D eigenvalue weighted by atomic mass is 16.6. The summed E-state index contributed by atoms with van der Waals surface area (Å²) in [5.41, 5.74) is 3.92. The van der Waals surface area contributed by atoms with Crippen molar-refractivity contribution in [3.63, 3.8) is 0 Å². The smallest absolute Gasteiger partial charge is 0.411 e. The molecule has 0 atom stereocenters. The van der Waals surface area contributed by atoms with Gasteiger partial charge in [-0.1, -0.05) is 78.9 Å². The van der Waals surface area contributed by atoms with Crippen molar-refractivity contribution in [2.75, 3.05) is 23.8 Å². The van der Waals surface area contributed by atoms with Crippen LogP contribution in [0.15, 0.2) is 91.0 Å². The van der Waals surface area contributed by atoms with E-state index in [0.29, 0.717) is 11.4 Å². The molecule has 0 bridgehead atoms. The van der Waals surface area contributed by atoms with E-state index in [1.54, 1.807) is 30.4 Å². The topological polar surface area (TPSA) is 76.7 Å². The molecule has 2 N–H and O–H groups in total. The lowest BCUT2D eigenvalue weighted by atomic mass is 10.2. The number of amides is 2. The van der Waals surface area contributed by atoms with Crippen LogP contribution in [-0.4, -0.2) is 25.4 Å².